The highest BCUT2D eigenvalue weighted by Crippen LogP contribution is 1.83. The molecular weight excluding hydrogens is 140 g/mol. The van der Waals surface area contributed by atoms with E-state index in [9.17, 15) is 0 Å². The van der Waals surface area contributed by atoms with E-state index in [1.165, 1.54) is 0 Å². The Labute approximate surface area is 68.1 Å². The fourth-order valence-electron chi connectivity index (χ4n) is 1.22. The smallest absolute Gasteiger partial charge is 0.154 e. The summed E-state index contributed by atoms with van der Waals surface area (Å²) < 4.78 is 7.32. The molecule has 3 heteroatoms. The first-order valence-corrected chi connectivity index (χ1v) is 4.20. The molecule has 0 aromatic carbocycles. The molecule has 1 aliphatic heterocycles. The van der Waals surface area contributed by atoms with Crippen molar-refractivity contribution in [1.29, 1.82) is 0 Å². The molecule has 1 rings (SSSR count). The number of methoxy groups -OCH3 is 1. The molecule has 0 aliphatic carbocycles. The Morgan fingerprint density at radius 1 is 1.45 bits per heavy atom. The second kappa shape index (κ2) is 5.27. The minimum absolute atomic E-state index is 0.837. The van der Waals surface area contributed by atoms with E-state index in [-0.39, 0.29) is 0 Å². The molecule has 0 atom stereocenters. The molecule has 64 valence electrons. The molecule has 0 saturated carbocycles. The van der Waals surface area contributed by atoms with Crippen molar-refractivity contribution in [2.45, 2.75) is 6.42 Å². The van der Waals surface area contributed by atoms with Crippen molar-refractivity contribution in [2.75, 3.05) is 39.9 Å². The van der Waals surface area contributed by atoms with Gasteiger partial charge in [-0.2, -0.15) is 0 Å². The Bertz CT molecular complexity index is 126. The van der Waals surface area contributed by atoms with Gasteiger partial charge in [-0.1, -0.05) is 0 Å². The number of hydrogen-bond acceptors (Lipinski definition) is 2. The predicted octanol–water partition coefficient (Wildman–Crippen LogP) is -0.291. The summed E-state index contributed by atoms with van der Waals surface area (Å²) in [7, 11) is 1.74. The predicted molar refractivity (Wildman–Crippen MR) is 45.4 cm³/mol. The molecule has 0 spiro atoms. The maximum atomic E-state index is 4.96. The largest absolute Gasteiger partial charge is 0.384 e. The van der Waals surface area contributed by atoms with Crippen LogP contribution in [0, 0.1) is 0 Å². The van der Waals surface area contributed by atoms with Gasteiger partial charge in [0.1, 0.15) is 6.21 Å². The molecular formula is C8H17N2O+. The first-order valence-electron chi connectivity index (χ1n) is 4.20. The molecule has 1 heterocycles. The van der Waals surface area contributed by atoms with E-state index < -0.39 is 0 Å². The van der Waals surface area contributed by atoms with E-state index in [1.54, 1.807) is 7.11 Å². The lowest BCUT2D eigenvalue weighted by atomic mass is 10.4. The van der Waals surface area contributed by atoms with Gasteiger partial charge in [0.15, 0.2) is 13.1 Å². The first-order chi connectivity index (χ1) is 5.43. The molecule has 1 fully saturated rings. The summed E-state index contributed by atoms with van der Waals surface area (Å²) >= 11 is 0. The Hall–Kier alpha value is -0.410. The van der Waals surface area contributed by atoms with E-state index in [0.29, 0.717) is 0 Å². The maximum absolute atomic E-state index is 4.96. The molecule has 1 saturated heterocycles. The van der Waals surface area contributed by atoms with Crippen molar-refractivity contribution in [2.24, 2.45) is 0 Å². The van der Waals surface area contributed by atoms with Crippen LogP contribution in [0.2, 0.25) is 0 Å². The highest BCUT2D eigenvalue weighted by Gasteiger charge is 2.07. The maximum Gasteiger partial charge on any atom is 0.154 e. The summed E-state index contributed by atoms with van der Waals surface area (Å²) in [4.78, 5) is 0. The number of hydrogen-bond donors (Lipinski definition) is 1. The number of piperazine rings is 1. The zero-order valence-electron chi connectivity index (χ0n) is 7.18. The topological polar surface area (TPSA) is 24.3 Å². The van der Waals surface area contributed by atoms with Crippen LogP contribution >= 0.6 is 0 Å². The van der Waals surface area contributed by atoms with Crippen LogP contribution in [0.1, 0.15) is 6.42 Å². The van der Waals surface area contributed by atoms with E-state index in [0.717, 1.165) is 39.2 Å². The molecule has 1 N–H and O–H groups in total. The quantitative estimate of drug-likeness (QED) is 0.449. The molecule has 0 radical (unpaired) electrons. The summed E-state index contributed by atoms with van der Waals surface area (Å²) in [6.45, 7) is 5.35. The van der Waals surface area contributed by atoms with Gasteiger partial charge < -0.3 is 10.1 Å². The molecule has 0 aromatic rings. The van der Waals surface area contributed by atoms with Crippen LogP contribution in [-0.4, -0.2) is 50.7 Å². The lowest BCUT2D eigenvalue weighted by Crippen LogP contribution is -2.38. The van der Waals surface area contributed by atoms with Crippen molar-refractivity contribution in [3.63, 3.8) is 0 Å². The van der Waals surface area contributed by atoms with Crippen LogP contribution in [0.5, 0.6) is 0 Å². The molecule has 3 nitrogen and oxygen atoms in total. The van der Waals surface area contributed by atoms with Crippen molar-refractivity contribution < 1.29 is 9.31 Å². The van der Waals surface area contributed by atoms with Crippen LogP contribution in [0.15, 0.2) is 0 Å². The standard InChI is InChI=1S/C8H17N2O/c1-11-8-2-5-10-6-3-9-4-7-10/h5,9H,2-4,6-8H2,1H3/q+1. The number of ether oxygens (including phenoxy) is 1. The monoisotopic (exact) mass is 157 g/mol. The minimum Gasteiger partial charge on any atom is -0.384 e. The lowest BCUT2D eigenvalue weighted by molar-refractivity contribution is -0.528. The van der Waals surface area contributed by atoms with Crippen LogP contribution in [0.3, 0.4) is 0 Å². The van der Waals surface area contributed by atoms with Gasteiger partial charge in [-0.3, -0.25) is 0 Å². The average Bonchev–Trinajstić information content (AvgIpc) is 2.07. The van der Waals surface area contributed by atoms with Crippen LogP contribution in [0.4, 0.5) is 0 Å². The van der Waals surface area contributed by atoms with Gasteiger partial charge in [0.25, 0.3) is 0 Å². The van der Waals surface area contributed by atoms with Gasteiger partial charge in [0.05, 0.1) is 19.7 Å². The minimum atomic E-state index is 0.837. The third kappa shape index (κ3) is 3.49. The molecule has 11 heavy (non-hydrogen) atoms. The second-order valence-corrected chi connectivity index (χ2v) is 2.75. The van der Waals surface area contributed by atoms with Gasteiger partial charge >= 0.3 is 0 Å². The van der Waals surface area contributed by atoms with Crippen LogP contribution in [0.25, 0.3) is 0 Å². The SMILES string of the molecule is COCCC=[N+]1CCNCC1. The van der Waals surface area contributed by atoms with Crippen molar-refractivity contribution in [3.05, 3.63) is 0 Å². The van der Waals surface area contributed by atoms with Crippen molar-refractivity contribution in [3.8, 4) is 0 Å². The van der Waals surface area contributed by atoms with Crippen molar-refractivity contribution in [1.82, 2.24) is 5.32 Å². The zero-order chi connectivity index (χ0) is 7.94. The zero-order valence-corrected chi connectivity index (χ0v) is 7.18. The Kier molecular flexibility index (Phi) is 4.16. The number of nitrogens with one attached hydrogen (secondary N) is 1. The summed E-state index contributed by atoms with van der Waals surface area (Å²) in [6.07, 6.45) is 3.28. The number of nitrogens with zero attached hydrogens (tertiary/aromatic N) is 1. The molecule has 0 bridgehead atoms. The third-order valence-corrected chi connectivity index (χ3v) is 1.86. The molecule has 0 unspecified atom stereocenters. The Morgan fingerprint density at radius 2 is 2.18 bits per heavy atom. The third-order valence-electron chi connectivity index (χ3n) is 1.86. The van der Waals surface area contributed by atoms with Gasteiger partial charge in [-0.05, 0) is 0 Å². The van der Waals surface area contributed by atoms with Crippen molar-refractivity contribution >= 4 is 6.21 Å². The fourth-order valence-corrected chi connectivity index (χ4v) is 1.22. The van der Waals surface area contributed by atoms with E-state index in [4.69, 9.17) is 4.74 Å². The molecule has 0 aromatic heterocycles. The summed E-state index contributed by atoms with van der Waals surface area (Å²) in [6, 6.07) is 0. The summed E-state index contributed by atoms with van der Waals surface area (Å²) in [5, 5.41) is 3.31. The number of rotatable bonds is 3. The fraction of sp³-hybridized carbons (Fsp3) is 0.875. The first kappa shape index (κ1) is 8.68. The van der Waals surface area contributed by atoms with Crippen LogP contribution in [-0.2, 0) is 4.74 Å². The Balaban J connectivity index is 2.15. The van der Waals surface area contributed by atoms with Gasteiger partial charge in [0.2, 0.25) is 0 Å². The van der Waals surface area contributed by atoms with Gasteiger partial charge in [-0.15, -0.1) is 0 Å². The van der Waals surface area contributed by atoms with E-state index >= 15 is 0 Å². The lowest BCUT2D eigenvalue weighted by Gasteiger charge is -2.10. The molecule has 0 amide bonds. The van der Waals surface area contributed by atoms with E-state index in [1.807, 2.05) is 0 Å². The highest BCUT2D eigenvalue weighted by molar-refractivity contribution is 5.51. The van der Waals surface area contributed by atoms with Crippen LogP contribution < -0.4 is 5.32 Å². The molecule has 1 aliphatic rings. The second-order valence-electron chi connectivity index (χ2n) is 2.75. The highest BCUT2D eigenvalue weighted by atomic mass is 16.5. The Morgan fingerprint density at radius 3 is 2.82 bits per heavy atom. The van der Waals surface area contributed by atoms with Gasteiger partial charge in [0, 0.05) is 13.5 Å². The average molecular weight is 157 g/mol. The summed E-state index contributed by atoms with van der Waals surface area (Å²) in [5.74, 6) is 0. The van der Waals surface area contributed by atoms with Gasteiger partial charge in [-0.25, -0.2) is 4.58 Å². The van der Waals surface area contributed by atoms with E-state index in [2.05, 4.69) is 16.1 Å². The normalized spacial score (nSPS) is 18.5. The summed E-state index contributed by atoms with van der Waals surface area (Å²) in [5.41, 5.74) is 0.